The minimum Gasteiger partial charge on any atom is -0.455 e. The van der Waals surface area contributed by atoms with Crippen LogP contribution < -0.4 is 10.2 Å². The van der Waals surface area contributed by atoms with Crippen molar-refractivity contribution in [3.05, 3.63) is 36.4 Å². The molecule has 0 spiro atoms. The monoisotopic (exact) mass is 356 g/mol. The maximum Gasteiger partial charge on any atom is 0.309 e. The van der Waals surface area contributed by atoms with E-state index in [1.54, 1.807) is 0 Å². The SMILES string of the molecule is O=C(COC(=O)[C@H]1CC=CCC1)Nc1ccc(N2CCCCCC2)cc1. The number of esters is 1. The van der Waals surface area contributed by atoms with Gasteiger partial charge in [-0.1, -0.05) is 25.0 Å². The third kappa shape index (κ3) is 5.35. The Bertz CT molecular complexity index is 631. The molecule has 1 atom stereocenters. The number of nitrogens with zero attached hydrogens (tertiary/aromatic N) is 1. The van der Waals surface area contributed by atoms with Crippen molar-refractivity contribution in [2.45, 2.75) is 44.9 Å². The lowest BCUT2D eigenvalue weighted by atomic mass is 9.95. The molecule has 1 N–H and O–H groups in total. The van der Waals surface area contributed by atoms with Crippen molar-refractivity contribution in [1.29, 1.82) is 0 Å². The molecule has 0 radical (unpaired) electrons. The number of hydrogen-bond acceptors (Lipinski definition) is 4. The molecule has 0 saturated carbocycles. The van der Waals surface area contributed by atoms with Gasteiger partial charge in [0, 0.05) is 24.5 Å². The average Bonchev–Trinajstić information content (AvgIpc) is 2.97. The molecule has 0 unspecified atom stereocenters. The van der Waals surface area contributed by atoms with Crippen LogP contribution in [0.1, 0.15) is 44.9 Å². The van der Waals surface area contributed by atoms with Crippen LogP contribution in [-0.4, -0.2) is 31.6 Å². The zero-order valence-corrected chi connectivity index (χ0v) is 15.3. The largest absolute Gasteiger partial charge is 0.455 e. The van der Waals surface area contributed by atoms with E-state index in [1.807, 2.05) is 30.3 Å². The molecule has 1 amide bonds. The van der Waals surface area contributed by atoms with Crippen LogP contribution in [0.25, 0.3) is 0 Å². The minimum absolute atomic E-state index is 0.110. The van der Waals surface area contributed by atoms with Gasteiger partial charge in [-0.15, -0.1) is 0 Å². The highest BCUT2D eigenvalue weighted by molar-refractivity contribution is 5.93. The molecule has 1 heterocycles. The summed E-state index contributed by atoms with van der Waals surface area (Å²) >= 11 is 0. The van der Waals surface area contributed by atoms with E-state index >= 15 is 0 Å². The highest BCUT2D eigenvalue weighted by Crippen LogP contribution is 2.22. The van der Waals surface area contributed by atoms with Crippen LogP contribution in [-0.2, 0) is 14.3 Å². The first kappa shape index (κ1) is 18.5. The number of nitrogens with one attached hydrogen (secondary N) is 1. The van der Waals surface area contributed by atoms with Crippen LogP contribution in [0, 0.1) is 5.92 Å². The molecule has 1 aliphatic heterocycles. The Kier molecular flexibility index (Phi) is 6.69. The molecule has 5 heteroatoms. The molecular weight excluding hydrogens is 328 g/mol. The first-order valence-corrected chi connectivity index (χ1v) is 9.69. The van der Waals surface area contributed by atoms with Gasteiger partial charge in [-0.25, -0.2) is 0 Å². The molecule has 1 aliphatic carbocycles. The van der Waals surface area contributed by atoms with Crippen molar-refractivity contribution in [2.75, 3.05) is 29.9 Å². The van der Waals surface area contributed by atoms with E-state index in [0.717, 1.165) is 31.6 Å². The van der Waals surface area contributed by atoms with Crippen LogP contribution >= 0.6 is 0 Å². The third-order valence-corrected chi connectivity index (χ3v) is 5.07. The van der Waals surface area contributed by atoms with Gasteiger partial charge in [0.1, 0.15) is 0 Å². The predicted molar refractivity (Wildman–Crippen MR) is 103 cm³/mol. The van der Waals surface area contributed by atoms with Gasteiger partial charge in [-0.3, -0.25) is 9.59 Å². The molecular formula is C21H28N2O3. The van der Waals surface area contributed by atoms with Crippen LogP contribution in [0.3, 0.4) is 0 Å². The summed E-state index contributed by atoms with van der Waals surface area (Å²) in [5.74, 6) is -0.686. The number of rotatable bonds is 5. The number of benzene rings is 1. The highest BCUT2D eigenvalue weighted by Gasteiger charge is 2.21. The second kappa shape index (κ2) is 9.41. The average molecular weight is 356 g/mol. The molecule has 3 rings (SSSR count). The Labute approximate surface area is 155 Å². The van der Waals surface area contributed by atoms with Crippen LogP contribution in [0.15, 0.2) is 36.4 Å². The number of carbonyl (C=O) groups is 2. The summed E-state index contributed by atoms with van der Waals surface area (Å²) in [5.41, 5.74) is 1.92. The predicted octanol–water partition coefficient (Wildman–Crippen LogP) is 3.91. The molecule has 2 aliphatic rings. The number of allylic oxidation sites excluding steroid dienone is 2. The fourth-order valence-corrected chi connectivity index (χ4v) is 3.54. The van der Waals surface area contributed by atoms with Gasteiger partial charge in [-0.05, 0) is 56.4 Å². The number of anilines is 2. The maximum atomic E-state index is 12.0. The van der Waals surface area contributed by atoms with Crippen LogP contribution in [0.2, 0.25) is 0 Å². The molecule has 1 fully saturated rings. The van der Waals surface area contributed by atoms with Crippen molar-refractivity contribution >= 4 is 23.3 Å². The Balaban J connectivity index is 1.45. The van der Waals surface area contributed by atoms with Crippen LogP contribution in [0.4, 0.5) is 11.4 Å². The van der Waals surface area contributed by atoms with E-state index in [2.05, 4.69) is 16.3 Å². The molecule has 0 aromatic heterocycles. The van der Waals surface area contributed by atoms with Crippen molar-refractivity contribution in [3.63, 3.8) is 0 Å². The number of ether oxygens (including phenoxy) is 1. The minimum atomic E-state index is -0.299. The highest BCUT2D eigenvalue weighted by atomic mass is 16.5. The van der Waals surface area contributed by atoms with Gasteiger partial charge < -0.3 is 15.0 Å². The number of amides is 1. The fraction of sp³-hybridized carbons (Fsp3) is 0.524. The Morgan fingerprint density at radius 3 is 2.42 bits per heavy atom. The van der Waals surface area contributed by atoms with E-state index in [-0.39, 0.29) is 24.4 Å². The second-order valence-corrected chi connectivity index (χ2v) is 7.09. The van der Waals surface area contributed by atoms with Gasteiger partial charge in [0.15, 0.2) is 6.61 Å². The molecule has 140 valence electrons. The van der Waals surface area contributed by atoms with Crippen LogP contribution in [0.5, 0.6) is 0 Å². The molecule has 1 aromatic carbocycles. The third-order valence-electron chi connectivity index (χ3n) is 5.07. The summed E-state index contributed by atoms with van der Waals surface area (Å²) in [6.07, 6.45) is 11.6. The summed E-state index contributed by atoms with van der Waals surface area (Å²) in [4.78, 5) is 26.4. The summed E-state index contributed by atoms with van der Waals surface area (Å²) in [7, 11) is 0. The lowest BCUT2D eigenvalue weighted by Gasteiger charge is -2.22. The molecule has 1 saturated heterocycles. The standard InChI is InChI=1S/C21H28N2O3/c24-20(16-26-21(25)17-8-4-3-5-9-17)22-18-10-12-19(13-11-18)23-14-6-1-2-7-15-23/h3-4,10-13,17H,1-2,5-9,14-16H2,(H,22,24)/t17-/m0/s1. The number of carbonyl (C=O) groups excluding carboxylic acids is 2. The fourth-order valence-electron chi connectivity index (χ4n) is 3.54. The van der Waals surface area contributed by atoms with Crippen molar-refractivity contribution in [1.82, 2.24) is 0 Å². The topological polar surface area (TPSA) is 58.6 Å². The van der Waals surface area contributed by atoms with Gasteiger partial charge in [0.05, 0.1) is 5.92 Å². The second-order valence-electron chi connectivity index (χ2n) is 7.09. The Morgan fingerprint density at radius 2 is 1.77 bits per heavy atom. The summed E-state index contributed by atoms with van der Waals surface area (Å²) in [5, 5.41) is 2.79. The van der Waals surface area contributed by atoms with Gasteiger partial charge in [0.25, 0.3) is 5.91 Å². The van der Waals surface area contributed by atoms with Gasteiger partial charge in [-0.2, -0.15) is 0 Å². The Morgan fingerprint density at radius 1 is 1.04 bits per heavy atom. The summed E-state index contributed by atoms with van der Waals surface area (Å²) in [6, 6.07) is 7.90. The summed E-state index contributed by atoms with van der Waals surface area (Å²) < 4.78 is 5.16. The normalized spacial score (nSPS) is 20.3. The molecule has 1 aromatic rings. The number of hydrogen-bond donors (Lipinski definition) is 1. The van der Waals surface area contributed by atoms with E-state index in [9.17, 15) is 9.59 Å². The Hall–Kier alpha value is -2.30. The summed E-state index contributed by atoms with van der Waals surface area (Å²) in [6.45, 7) is 1.96. The zero-order chi connectivity index (χ0) is 18.2. The van der Waals surface area contributed by atoms with Gasteiger partial charge >= 0.3 is 5.97 Å². The van der Waals surface area contributed by atoms with E-state index in [1.165, 1.54) is 31.4 Å². The molecule has 5 nitrogen and oxygen atoms in total. The molecule has 26 heavy (non-hydrogen) atoms. The van der Waals surface area contributed by atoms with E-state index in [0.29, 0.717) is 6.42 Å². The van der Waals surface area contributed by atoms with Crippen molar-refractivity contribution in [2.24, 2.45) is 5.92 Å². The first-order valence-electron chi connectivity index (χ1n) is 9.69. The van der Waals surface area contributed by atoms with Crippen molar-refractivity contribution in [3.8, 4) is 0 Å². The lowest BCUT2D eigenvalue weighted by Crippen LogP contribution is -2.25. The lowest BCUT2D eigenvalue weighted by molar-refractivity contribution is -0.151. The van der Waals surface area contributed by atoms with E-state index < -0.39 is 0 Å². The first-order chi connectivity index (χ1) is 12.7. The van der Waals surface area contributed by atoms with E-state index in [4.69, 9.17) is 4.74 Å². The van der Waals surface area contributed by atoms with Crippen molar-refractivity contribution < 1.29 is 14.3 Å². The molecule has 0 bridgehead atoms. The maximum absolute atomic E-state index is 12.0. The quantitative estimate of drug-likeness (QED) is 0.642. The smallest absolute Gasteiger partial charge is 0.309 e. The van der Waals surface area contributed by atoms with Gasteiger partial charge in [0.2, 0.25) is 0 Å². The zero-order valence-electron chi connectivity index (χ0n) is 15.3.